The first-order valence-corrected chi connectivity index (χ1v) is 5.55. The topological polar surface area (TPSA) is 35.5 Å². The summed E-state index contributed by atoms with van der Waals surface area (Å²) in [5.41, 5.74) is 0.481. The largest absolute Gasteiger partial charge is 0.494 e. The molecule has 1 rings (SSSR count). The smallest absolute Gasteiger partial charge is 0.310 e. The quantitative estimate of drug-likeness (QED) is 0.800. The number of methoxy groups -OCH3 is 1. The van der Waals surface area contributed by atoms with E-state index in [1.165, 1.54) is 19.2 Å². The number of carbonyl (C=O) groups is 1. The van der Waals surface area contributed by atoms with E-state index in [-0.39, 0.29) is 6.42 Å². The maximum Gasteiger partial charge on any atom is 0.310 e. The molecule has 0 aliphatic rings. The van der Waals surface area contributed by atoms with E-state index in [1.54, 1.807) is 0 Å². The van der Waals surface area contributed by atoms with Crippen molar-refractivity contribution in [2.24, 2.45) is 0 Å². The van der Waals surface area contributed by atoms with Gasteiger partial charge in [-0.3, -0.25) is 4.79 Å². The van der Waals surface area contributed by atoms with Gasteiger partial charge in [-0.2, -0.15) is 0 Å². The second kappa shape index (κ2) is 5.84. The van der Waals surface area contributed by atoms with Gasteiger partial charge < -0.3 is 9.47 Å². The molecule has 1 aromatic rings. The van der Waals surface area contributed by atoms with E-state index in [4.69, 9.17) is 4.74 Å². The van der Waals surface area contributed by atoms with Crippen LogP contribution in [0.5, 0.6) is 5.75 Å². The molecule has 0 aliphatic carbocycles. The van der Waals surface area contributed by atoms with E-state index >= 15 is 0 Å². The molecule has 0 fully saturated rings. The summed E-state index contributed by atoms with van der Waals surface area (Å²) in [4.78, 5) is 11.1. The molecule has 0 heterocycles. The minimum absolute atomic E-state index is 0.00394. The highest BCUT2D eigenvalue weighted by molar-refractivity contribution is 9.10. The molecule has 88 valence electrons. The molecule has 0 unspecified atom stereocenters. The van der Waals surface area contributed by atoms with E-state index < -0.39 is 11.8 Å². The van der Waals surface area contributed by atoms with Crippen molar-refractivity contribution in [1.29, 1.82) is 0 Å². The summed E-state index contributed by atoms with van der Waals surface area (Å²) in [6.45, 7) is 2.27. The molecule has 3 nitrogen and oxygen atoms in total. The van der Waals surface area contributed by atoms with Crippen LogP contribution in [0.15, 0.2) is 16.6 Å². The van der Waals surface area contributed by atoms with Crippen molar-refractivity contribution in [3.8, 4) is 5.75 Å². The van der Waals surface area contributed by atoms with Crippen LogP contribution >= 0.6 is 15.9 Å². The zero-order valence-corrected chi connectivity index (χ0v) is 10.6. The lowest BCUT2D eigenvalue weighted by Crippen LogP contribution is -2.07. The van der Waals surface area contributed by atoms with Crippen molar-refractivity contribution >= 4 is 21.9 Å². The Hall–Kier alpha value is -1.10. The summed E-state index contributed by atoms with van der Waals surface area (Å²) in [5.74, 6) is -0.369. The average Bonchev–Trinajstić information content (AvgIpc) is 2.25. The van der Waals surface area contributed by atoms with E-state index in [0.29, 0.717) is 22.4 Å². The summed E-state index contributed by atoms with van der Waals surface area (Å²) < 4.78 is 23.5. The average molecular weight is 291 g/mol. The van der Waals surface area contributed by atoms with Gasteiger partial charge in [-0.15, -0.1) is 0 Å². The summed E-state index contributed by atoms with van der Waals surface area (Å²) >= 11 is 3.06. The first-order chi connectivity index (χ1) is 7.58. The summed E-state index contributed by atoms with van der Waals surface area (Å²) in [7, 11) is 1.29. The molecule has 16 heavy (non-hydrogen) atoms. The third-order valence-electron chi connectivity index (χ3n) is 1.97. The van der Waals surface area contributed by atoms with Crippen molar-refractivity contribution < 1.29 is 18.7 Å². The molecule has 0 aromatic heterocycles. The Kier molecular flexibility index (Phi) is 4.73. The Balaban J connectivity index is 3.03. The maximum atomic E-state index is 13.3. The van der Waals surface area contributed by atoms with Gasteiger partial charge in [-0.25, -0.2) is 4.39 Å². The first kappa shape index (κ1) is 13.0. The molecule has 0 radical (unpaired) electrons. The fourth-order valence-electron chi connectivity index (χ4n) is 1.23. The van der Waals surface area contributed by atoms with Gasteiger partial charge in [-0.05, 0) is 35.0 Å². The minimum atomic E-state index is -0.428. The van der Waals surface area contributed by atoms with Crippen LogP contribution in [0.2, 0.25) is 0 Å². The molecule has 0 N–H and O–H groups in total. The van der Waals surface area contributed by atoms with Crippen molar-refractivity contribution in [2.75, 3.05) is 13.7 Å². The van der Waals surface area contributed by atoms with Crippen LogP contribution in [0.1, 0.15) is 12.5 Å². The Morgan fingerprint density at radius 2 is 2.19 bits per heavy atom. The molecular formula is C11H12BrFO3. The lowest BCUT2D eigenvalue weighted by molar-refractivity contribution is -0.139. The maximum absolute atomic E-state index is 13.3. The predicted octanol–water partition coefficient (Wildman–Crippen LogP) is 2.70. The molecule has 0 bridgehead atoms. The van der Waals surface area contributed by atoms with Crippen LogP contribution < -0.4 is 4.74 Å². The van der Waals surface area contributed by atoms with Crippen molar-refractivity contribution in [1.82, 2.24) is 0 Å². The van der Waals surface area contributed by atoms with E-state index in [2.05, 4.69) is 20.7 Å². The van der Waals surface area contributed by atoms with Crippen LogP contribution in [-0.4, -0.2) is 19.7 Å². The van der Waals surface area contributed by atoms with Gasteiger partial charge >= 0.3 is 5.97 Å². The lowest BCUT2D eigenvalue weighted by atomic mass is 10.1. The number of halogens is 2. The summed E-state index contributed by atoms with van der Waals surface area (Å²) in [6, 6.07) is 2.78. The zero-order valence-electron chi connectivity index (χ0n) is 9.05. The van der Waals surface area contributed by atoms with Gasteiger partial charge in [0.05, 0.1) is 24.6 Å². The summed E-state index contributed by atoms with van der Waals surface area (Å²) in [5, 5.41) is 0. The Labute approximate surface area is 102 Å². The van der Waals surface area contributed by atoms with Crippen LogP contribution in [-0.2, 0) is 16.0 Å². The van der Waals surface area contributed by atoms with Crippen LogP contribution in [0.25, 0.3) is 0 Å². The normalized spacial score (nSPS) is 10.0. The third-order valence-corrected chi connectivity index (χ3v) is 2.57. The van der Waals surface area contributed by atoms with Gasteiger partial charge in [0.1, 0.15) is 11.6 Å². The molecule has 0 amide bonds. The number of benzene rings is 1. The fraction of sp³-hybridized carbons (Fsp3) is 0.364. The number of hydrogen-bond acceptors (Lipinski definition) is 3. The van der Waals surface area contributed by atoms with Gasteiger partial charge in [0.25, 0.3) is 0 Å². The van der Waals surface area contributed by atoms with Crippen LogP contribution in [0.4, 0.5) is 4.39 Å². The van der Waals surface area contributed by atoms with Crippen molar-refractivity contribution in [3.63, 3.8) is 0 Å². The molecule has 0 saturated carbocycles. The number of rotatable bonds is 4. The number of ether oxygens (including phenoxy) is 2. The number of carbonyl (C=O) groups excluding carboxylic acids is 1. The van der Waals surface area contributed by atoms with Gasteiger partial charge in [-0.1, -0.05) is 0 Å². The second-order valence-corrected chi connectivity index (χ2v) is 3.91. The molecule has 0 spiro atoms. The molecule has 0 saturated heterocycles. The van der Waals surface area contributed by atoms with Crippen molar-refractivity contribution in [3.05, 3.63) is 28.0 Å². The highest BCUT2D eigenvalue weighted by Gasteiger charge is 2.13. The molecule has 1 aromatic carbocycles. The Morgan fingerprint density at radius 3 is 2.75 bits per heavy atom. The predicted molar refractivity (Wildman–Crippen MR) is 61.0 cm³/mol. The molecule has 5 heteroatoms. The third kappa shape index (κ3) is 3.20. The fourth-order valence-corrected chi connectivity index (χ4v) is 1.55. The highest BCUT2D eigenvalue weighted by Crippen LogP contribution is 2.27. The highest BCUT2D eigenvalue weighted by atomic mass is 79.9. The first-order valence-electron chi connectivity index (χ1n) is 4.76. The number of hydrogen-bond donors (Lipinski definition) is 0. The van der Waals surface area contributed by atoms with E-state index in [1.807, 2.05) is 6.92 Å². The van der Waals surface area contributed by atoms with E-state index in [9.17, 15) is 9.18 Å². The van der Waals surface area contributed by atoms with Crippen LogP contribution in [0.3, 0.4) is 0 Å². The van der Waals surface area contributed by atoms with Crippen LogP contribution in [0, 0.1) is 5.82 Å². The van der Waals surface area contributed by atoms with Gasteiger partial charge in [0.15, 0.2) is 0 Å². The van der Waals surface area contributed by atoms with Gasteiger partial charge in [0.2, 0.25) is 0 Å². The SMILES string of the molecule is CCOc1cc(Br)c(F)cc1CC(=O)OC. The van der Waals surface area contributed by atoms with E-state index in [0.717, 1.165) is 0 Å². The standard InChI is InChI=1S/C11H12BrFO3/c1-3-16-10-6-8(12)9(13)4-7(10)5-11(14)15-2/h4,6H,3,5H2,1-2H3. The van der Waals surface area contributed by atoms with Gasteiger partial charge in [0, 0.05) is 5.56 Å². The monoisotopic (exact) mass is 290 g/mol. The lowest BCUT2D eigenvalue weighted by Gasteiger charge is -2.10. The Bertz CT molecular complexity index is 393. The Morgan fingerprint density at radius 1 is 1.50 bits per heavy atom. The number of esters is 1. The second-order valence-electron chi connectivity index (χ2n) is 3.06. The zero-order chi connectivity index (χ0) is 12.1. The van der Waals surface area contributed by atoms with Crippen molar-refractivity contribution in [2.45, 2.75) is 13.3 Å². The molecule has 0 atom stereocenters. The summed E-state index contributed by atoms with van der Waals surface area (Å²) in [6.07, 6.45) is -0.00394. The molecular weight excluding hydrogens is 279 g/mol. The molecule has 0 aliphatic heterocycles. The minimum Gasteiger partial charge on any atom is -0.494 e.